The highest BCUT2D eigenvalue weighted by molar-refractivity contribution is 6.06. The van der Waals surface area contributed by atoms with E-state index in [1.165, 1.54) is 12.1 Å². The summed E-state index contributed by atoms with van der Waals surface area (Å²) < 4.78 is 40.7. The first kappa shape index (κ1) is 24.3. The maximum Gasteiger partial charge on any atom is 0.416 e. The topological polar surface area (TPSA) is 84.2 Å². The molecule has 190 valence electrons. The molecule has 1 amide bonds. The van der Waals surface area contributed by atoms with Crippen LogP contribution in [0.4, 0.5) is 13.2 Å². The van der Waals surface area contributed by atoms with Crippen LogP contribution in [0.5, 0.6) is 0 Å². The van der Waals surface area contributed by atoms with E-state index < -0.39 is 23.2 Å². The van der Waals surface area contributed by atoms with Gasteiger partial charge in [0.05, 0.1) is 17.5 Å². The molecule has 1 aromatic heterocycles. The lowest BCUT2D eigenvalue weighted by atomic mass is 9.32. The van der Waals surface area contributed by atoms with Gasteiger partial charge in [0.2, 0.25) is 0 Å². The Morgan fingerprint density at radius 1 is 1.17 bits per heavy atom. The Morgan fingerprint density at radius 2 is 1.83 bits per heavy atom. The molecule has 0 radical (unpaired) electrons. The summed E-state index contributed by atoms with van der Waals surface area (Å²) in [6.07, 6.45) is -2.67. The number of nitrogens with zero attached hydrogens (tertiary/aromatic N) is 2. The molecule has 1 heterocycles. The van der Waals surface area contributed by atoms with Crippen LogP contribution in [0.2, 0.25) is 0 Å². The quantitative estimate of drug-likeness (QED) is 0.443. The van der Waals surface area contributed by atoms with Gasteiger partial charge in [-0.15, -0.1) is 0 Å². The van der Waals surface area contributed by atoms with Crippen LogP contribution in [0.3, 0.4) is 0 Å². The molecule has 0 aliphatic heterocycles. The van der Waals surface area contributed by atoms with Crippen molar-refractivity contribution in [3.63, 3.8) is 0 Å². The Labute approximate surface area is 206 Å². The second-order valence-corrected chi connectivity index (χ2v) is 10.7. The summed E-state index contributed by atoms with van der Waals surface area (Å²) >= 11 is 0. The molecule has 3 aliphatic carbocycles. The molecular formula is C27H28F3N3O3. The molecule has 3 saturated carbocycles. The molecule has 2 bridgehead atoms. The number of carboxylic acid groups (broad SMARTS) is 1. The number of benzene rings is 2. The number of carbonyl (C=O) groups is 2. The molecule has 0 unspecified atom stereocenters. The second kappa shape index (κ2) is 8.08. The fourth-order valence-electron chi connectivity index (χ4n) is 6.20. The van der Waals surface area contributed by atoms with Crippen LogP contribution in [0.15, 0.2) is 42.5 Å². The molecule has 2 aromatic carbocycles. The predicted molar refractivity (Wildman–Crippen MR) is 128 cm³/mol. The third kappa shape index (κ3) is 3.76. The number of rotatable bonds is 7. The van der Waals surface area contributed by atoms with E-state index in [0.29, 0.717) is 30.2 Å². The van der Waals surface area contributed by atoms with Crippen molar-refractivity contribution < 1.29 is 27.9 Å². The van der Waals surface area contributed by atoms with E-state index >= 15 is 0 Å². The predicted octanol–water partition coefficient (Wildman–Crippen LogP) is 5.60. The van der Waals surface area contributed by atoms with E-state index in [1.54, 1.807) is 4.68 Å². The van der Waals surface area contributed by atoms with E-state index in [4.69, 9.17) is 0 Å². The zero-order valence-electron chi connectivity index (χ0n) is 20.3. The van der Waals surface area contributed by atoms with Crippen LogP contribution in [0.1, 0.15) is 73.3 Å². The molecule has 6 rings (SSSR count). The zero-order valence-corrected chi connectivity index (χ0v) is 20.3. The number of fused-ring (bicyclic) bond motifs is 1. The Hall–Kier alpha value is -3.36. The fourth-order valence-corrected chi connectivity index (χ4v) is 6.20. The first-order valence-electron chi connectivity index (χ1n) is 12.1. The maximum atomic E-state index is 13.5. The van der Waals surface area contributed by atoms with Gasteiger partial charge in [0.25, 0.3) is 5.91 Å². The minimum Gasteiger partial charge on any atom is -0.481 e. The number of alkyl halides is 3. The third-order valence-electron chi connectivity index (χ3n) is 8.15. The lowest BCUT2D eigenvalue weighted by Gasteiger charge is -2.75. The largest absolute Gasteiger partial charge is 0.481 e. The first-order valence-corrected chi connectivity index (χ1v) is 12.1. The minimum absolute atomic E-state index is 0.0110. The lowest BCUT2D eigenvalue weighted by molar-refractivity contribution is -0.222. The molecule has 0 saturated heterocycles. The summed E-state index contributed by atoms with van der Waals surface area (Å²) in [5.74, 6) is -1.07. The SMILES string of the molecule is CC(C)n1nc(C(=O)NC23CC(CC(=O)O)(C2)[C@@H]3C)c2c(Cc3ccc(C(F)(F)F)cc3)cccc21. The number of halogens is 3. The van der Waals surface area contributed by atoms with Gasteiger partial charge in [0, 0.05) is 17.0 Å². The molecule has 0 spiro atoms. The van der Waals surface area contributed by atoms with Crippen LogP contribution in [-0.2, 0) is 17.4 Å². The molecule has 36 heavy (non-hydrogen) atoms. The summed E-state index contributed by atoms with van der Waals surface area (Å²) in [4.78, 5) is 24.8. The van der Waals surface area contributed by atoms with Crippen molar-refractivity contribution >= 4 is 22.8 Å². The number of hydrogen-bond acceptors (Lipinski definition) is 3. The van der Waals surface area contributed by atoms with Crippen LogP contribution >= 0.6 is 0 Å². The van der Waals surface area contributed by atoms with Crippen molar-refractivity contribution in [3.05, 3.63) is 64.8 Å². The average molecular weight is 500 g/mol. The summed E-state index contributed by atoms with van der Waals surface area (Å²) in [7, 11) is 0. The second-order valence-electron chi connectivity index (χ2n) is 10.7. The lowest BCUT2D eigenvalue weighted by Crippen LogP contribution is -2.81. The highest BCUT2D eigenvalue weighted by Gasteiger charge is 2.74. The molecule has 2 N–H and O–H groups in total. The molecule has 3 fully saturated rings. The van der Waals surface area contributed by atoms with Crippen molar-refractivity contribution in [1.82, 2.24) is 15.1 Å². The third-order valence-corrected chi connectivity index (χ3v) is 8.15. The van der Waals surface area contributed by atoms with Crippen molar-refractivity contribution in [2.45, 2.75) is 64.2 Å². The Morgan fingerprint density at radius 3 is 2.39 bits per heavy atom. The van der Waals surface area contributed by atoms with Crippen molar-refractivity contribution in [2.75, 3.05) is 0 Å². The number of carboxylic acids is 1. The number of amides is 1. The number of nitrogens with one attached hydrogen (secondary N) is 1. The monoisotopic (exact) mass is 499 g/mol. The zero-order chi connectivity index (χ0) is 26.0. The fraction of sp³-hybridized carbons (Fsp3) is 0.444. The van der Waals surface area contributed by atoms with E-state index in [-0.39, 0.29) is 35.4 Å². The molecule has 6 nitrogen and oxygen atoms in total. The molecule has 3 aliphatic rings. The normalized spacial score (nSPS) is 24.9. The standard InChI is InChI=1S/C27H28F3N3O3/c1-15(2)33-20-6-4-5-18(11-17-7-9-19(10-8-17)27(28,29)30)22(20)23(32-33)24(36)31-26-13-25(14-26,16(26)3)12-21(34)35/h4-10,15-16H,11-14H2,1-3H3,(H,31,36)(H,34,35)/t16-,25?,26?/m0/s1. The summed E-state index contributed by atoms with van der Waals surface area (Å²) in [5.41, 5.74) is 1.21. The van der Waals surface area contributed by atoms with E-state index in [0.717, 1.165) is 23.2 Å². The van der Waals surface area contributed by atoms with Gasteiger partial charge in [-0.1, -0.05) is 31.2 Å². The van der Waals surface area contributed by atoms with E-state index in [2.05, 4.69) is 10.4 Å². The van der Waals surface area contributed by atoms with Gasteiger partial charge < -0.3 is 10.4 Å². The summed E-state index contributed by atoms with van der Waals surface area (Å²) in [5, 5.41) is 17.7. The maximum absolute atomic E-state index is 13.5. The highest BCUT2D eigenvalue weighted by atomic mass is 19.4. The van der Waals surface area contributed by atoms with Gasteiger partial charge in [-0.25, -0.2) is 0 Å². The van der Waals surface area contributed by atoms with Crippen LogP contribution in [0.25, 0.3) is 10.9 Å². The van der Waals surface area contributed by atoms with Gasteiger partial charge in [-0.05, 0) is 73.8 Å². The van der Waals surface area contributed by atoms with Gasteiger partial charge in [-0.2, -0.15) is 18.3 Å². The Kier molecular flexibility index (Phi) is 5.46. The smallest absolute Gasteiger partial charge is 0.416 e. The van der Waals surface area contributed by atoms with Crippen LogP contribution < -0.4 is 5.32 Å². The van der Waals surface area contributed by atoms with Crippen LogP contribution in [0, 0.1) is 11.3 Å². The van der Waals surface area contributed by atoms with Gasteiger partial charge in [0.15, 0.2) is 5.69 Å². The van der Waals surface area contributed by atoms with E-state index in [1.807, 2.05) is 39.0 Å². The van der Waals surface area contributed by atoms with Gasteiger partial charge in [0.1, 0.15) is 0 Å². The number of aliphatic carboxylic acids is 1. The van der Waals surface area contributed by atoms with Crippen LogP contribution in [-0.4, -0.2) is 32.3 Å². The van der Waals surface area contributed by atoms with Crippen molar-refractivity contribution in [1.29, 1.82) is 0 Å². The molecule has 9 heteroatoms. The first-order chi connectivity index (χ1) is 16.9. The summed E-state index contributed by atoms with van der Waals surface area (Å²) in [6.45, 7) is 5.92. The number of hydrogen-bond donors (Lipinski definition) is 2. The van der Waals surface area contributed by atoms with Crippen molar-refractivity contribution in [2.24, 2.45) is 11.3 Å². The molecule has 3 aromatic rings. The Bertz CT molecular complexity index is 1350. The van der Waals surface area contributed by atoms with E-state index in [9.17, 15) is 27.9 Å². The van der Waals surface area contributed by atoms with Gasteiger partial charge in [-0.3, -0.25) is 14.3 Å². The molecule has 1 atom stereocenters. The minimum atomic E-state index is -4.40. The Balaban J connectivity index is 1.46. The summed E-state index contributed by atoms with van der Waals surface area (Å²) in [6, 6.07) is 10.7. The highest BCUT2D eigenvalue weighted by Crippen LogP contribution is 2.72. The number of aromatic nitrogens is 2. The van der Waals surface area contributed by atoms with Gasteiger partial charge >= 0.3 is 12.1 Å². The average Bonchev–Trinajstić information content (AvgIpc) is 3.18. The van der Waals surface area contributed by atoms with Crippen molar-refractivity contribution in [3.8, 4) is 0 Å². The molecular weight excluding hydrogens is 471 g/mol. The number of carbonyl (C=O) groups excluding carboxylic acids is 1.